The molecule has 0 aliphatic rings. The Kier molecular flexibility index (Phi) is 5.53. The number of anilines is 1. The minimum Gasteiger partial charge on any atom is -0.438 e. The summed E-state index contributed by atoms with van der Waals surface area (Å²) in [7, 11) is 0. The molecule has 0 aliphatic carbocycles. The van der Waals surface area contributed by atoms with Gasteiger partial charge in [-0.25, -0.2) is 4.79 Å². The third-order valence-corrected chi connectivity index (χ3v) is 4.62. The van der Waals surface area contributed by atoms with Gasteiger partial charge in [0.05, 0.1) is 16.6 Å². The number of hydrogen-bond donors (Lipinski definition) is 1. The van der Waals surface area contributed by atoms with Gasteiger partial charge >= 0.3 is 5.97 Å². The van der Waals surface area contributed by atoms with Crippen LogP contribution in [0.5, 0.6) is 0 Å². The number of amides is 1. The summed E-state index contributed by atoms with van der Waals surface area (Å²) >= 11 is 0. The molecule has 4 rings (SSSR count). The van der Waals surface area contributed by atoms with Crippen molar-refractivity contribution in [2.75, 3.05) is 5.32 Å². The Bertz CT molecular complexity index is 1350. The molecule has 0 fully saturated rings. The van der Waals surface area contributed by atoms with Gasteiger partial charge in [-0.3, -0.25) is 9.59 Å². The summed E-state index contributed by atoms with van der Waals surface area (Å²) < 4.78 is 6.23. The Morgan fingerprint density at radius 2 is 1.77 bits per heavy atom. The summed E-state index contributed by atoms with van der Waals surface area (Å²) in [6, 6.07) is 20.4. The van der Waals surface area contributed by atoms with Crippen molar-refractivity contribution in [1.82, 2.24) is 15.0 Å². The van der Waals surface area contributed by atoms with Crippen LogP contribution in [-0.2, 0) is 11.5 Å². The molecule has 1 heterocycles. The summed E-state index contributed by atoms with van der Waals surface area (Å²) in [5.74, 6) is -1.05. The van der Waals surface area contributed by atoms with Gasteiger partial charge in [0, 0.05) is 5.56 Å². The molecule has 4 aromatic rings. The molecule has 0 radical (unpaired) electrons. The van der Waals surface area contributed by atoms with Crippen LogP contribution in [0.15, 0.2) is 77.6 Å². The number of fused-ring (bicyclic) bond motifs is 1. The van der Waals surface area contributed by atoms with Crippen LogP contribution in [0.25, 0.3) is 10.9 Å². The topological polar surface area (TPSA) is 103 Å². The maximum Gasteiger partial charge on any atom is 0.342 e. The first kappa shape index (κ1) is 20.0. The zero-order chi connectivity index (χ0) is 21.8. The standard InChI is InChI=1S/C23H18N4O4/c1-15-7-6-8-16(13-15)21(28)24-19-11-4-3-10-18(19)23(30)31-14-27-22(29)17-9-2-5-12-20(17)25-26-27/h2-13H,14H2,1H3,(H,24,28). The monoisotopic (exact) mass is 414 g/mol. The molecule has 8 heteroatoms. The lowest BCUT2D eigenvalue weighted by Gasteiger charge is -2.11. The second kappa shape index (κ2) is 8.58. The molecule has 0 aliphatic heterocycles. The molecule has 154 valence electrons. The van der Waals surface area contributed by atoms with E-state index in [1.165, 1.54) is 6.07 Å². The van der Waals surface area contributed by atoms with E-state index in [4.69, 9.17) is 4.74 Å². The summed E-state index contributed by atoms with van der Waals surface area (Å²) in [4.78, 5) is 37.7. The van der Waals surface area contributed by atoms with E-state index in [1.54, 1.807) is 60.7 Å². The smallest absolute Gasteiger partial charge is 0.342 e. The highest BCUT2D eigenvalue weighted by Crippen LogP contribution is 2.18. The molecule has 3 aromatic carbocycles. The third-order valence-electron chi connectivity index (χ3n) is 4.62. The van der Waals surface area contributed by atoms with E-state index >= 15 is 0 Å². The first-order chi connectivity index (χ1) is 15.0. The van der Waals surface area contributed by atoms with E-state index in [0.717, 1.165) is 10.2 Å². The van der Waals surface area contributed by atoms with Crippen LogP contribution in [0, 0.1) is 6.92 Å². The van der Waals surface area contributed by atoms with E-state index in [0.29, 0.717) is 22.2 Å². The van der Waals surface area contributed by atoms with Gasteiger partial charge in [-0.1, -0.05) is 47.2 Å². The second-order valence-electron chi connectivity index (χ2n) is 6.84. The van der Waals surface area contributed by atoms with Crippen LogP contribution in [0.1, 0.15) is 26.3 Å². The maximum atomic E-state index is 12.6. The van der Waals surface area contributed by atoms with Crippen LogP contribution in [0.3, 0.4) is 0 Å². The number of nitrogens with zero attached hydrogens (tertiary/aromatic N) is 3. The fourth-order valence-corrected chi connectivity index (χ4v) is 3.06. The van der Waals surface area contributed by atoms with Crippen LogP contribution >= 0.6 is 0 Å². The number of aromatic nitrogens is 3. The van der Waals surface area contributed by atoms with E-state index in [1.807, 2.05) is 13.0 Å². The lowest BCUT2D eigenvalue weighted by atomic mass is 10.1. The van der Waals surface area contributed by atoms with E-state index in [2.05, 4.69) is 15.6 Å². The quantitative estimate of drug-likeness (QED) is 0.503. The van der Waals surface area contributed by atoms with E-state index in [-0.39, 0.29) is 11.5 Å². The first-order valence-electron chi connectivity index (χ1n) is 9.49. The summed E-state index contributed by atoms with van der Waals surface area (Å²) in [6.45, 7) is 1.48. The van der Waals surface area contributed by atoms with Crippen LogP contribution in [0.4, 0.5) is 5.69 Å². The number of aryl methyl sites for hydroxylation is 1. The van der Waals surface area contributed by atoms with Gasteiger partial charge in [0.25, 0.3) is 11.5 Å². The molecule has 0 spiro atoms. The molecule has 0 bridgehead atoms. The van der Waals surface area contributed by atoms with E-state index < -0.39 is 18.3 Å². The van der Waals surface area contributed by atoms with Crippen molar-refractivity contribution < 1.29 is 14.3 Å². The van der Waals surface area contributed by atoms with Crippen molar-refractivity contribution >= 4 is 28.5 Å². The second-order valence-corrected chi connectivity index (χ2v) is 6.84. The zero-order valence-electron chi connectivity index (χ0n) is 16.6. The highest BCUT2D eigenvalue weighted by atomic mass is 16.5. The minimum atomic E-state index is -0.706. The predicted molar refractivity (Wildman–Crippen MR) is 115 cm³/mol. The molecule has 0 atom stereocenters. The van der Waals surface area contributed by atoms with Gasteiger partial charge < -0.3 is 10.1 Å². The van der Waals surface area contributed by atoms with Gasteiger partial charge in [-0.2, -0.15) is 4.68 Å². The van der Waals surface area contributed by atoms with Gasteiger partial charge in [-0.15, -0.1) is 5.10 Å². The first-order valence-corrected chi connectivity index (χ1v) is 9.49. The molecular weight excluding hydrogens is 396 g/mol. The summed E-state index contributed by atoms with van der Waals surface area (Å²) in [6.07, 6.45) is 0. The zero-order valence-corrected chi connectivity index (χ0v) is 16.6. The Labute approximate surface area is 177 Å². The van der Waals surface area contributed by atoms with Crippen molar-refractivity contribution in [2.45, 2.75) is 13.7 Å². The van der Waals surface area contributed by atoms with Crippen molar-refractivity contribution in [2.24, 2.45) is 0 Å². The van der Waals surface area contributed by atoms with Crippen LogP contribution in [-0.4, -0.2) is 26.9 Å². The number of carbonyl (C=O) groups is 2. The fourth-order valence-electron chi connectivity index (χ4n) is 3.06. The fraction of sp³-hybridized carbons (Fsp3) is 0.0870. The van der Waals surface area contributed by atoms with Gasteiger partial charge in [-0.05, 0) is 43.3 Å². The van der Waals surface area contributed by atoms with Crippen LogP contribution < -0.4 is 10.9 Å². The number of carbonyl (C=O) groups excluding carboxylic acids is 2. The molecule has 1 aromatic heterocycles. The number of rotatable bonds is 5. The Hall–Kier alpha value is -4.33. The highest BCUT2D eigenvalue weighted by molar-refractivity contribution is 6.08. The molecule has 8 nitrogen and oxygen atoms in total. The number of esters is 1. The van der Waals surface area contributed by atoms with Crippen LogP contribution in [0.2, 0.25) is 0 Å². The number of nitrogens with one attached hydrogen (secondary N) is 1. The van der Waals surface area contributed by atoms with E-state index in [9.17, 15) is 14.4 Å². The summed E-state index contributed by atoms with van der Waals surface area (Å²) in [5, 5.41) is 10.9. The lowest BCUT2D eigenvalue weighted by molar-refractivity contribution is 0.0337. The van der Waals surface area contributed by atoms with Crippen molar-refractivity contribution in [3.05, 3.63) is 99.8 Å². The van der Waals surface area contributed by atoms with Crippen molar-refractivity contribution in [3.8, 4) is 0 Å². The highest BCUT2D eigenvalue weighted by Gasteiger charge is 2.16. The van der Waals surface area contributed by atoms with Gasteiger partial charge in [0.15, 0.2) is 6.73 Å². The average Bonchev–Trinajstić information content (AvgIpc) is 2.79. The normalized spacial score (nSPS) is 10.6. The Morgan fingerprint density at radius 3 is 2.61 bits per heavy atom. The van der Waals surface area contributed by atoms with Gasteiger partial charge in [0.1, 0.15) is 5.52 Å². The third kappa shape index (κ3) is 4.32. The van der Waals surface area contributed by atoms with Crippen molar-refractivity contribution in [1.29, 1.82) is 0 Å². The number of para-hydroxylation sites is 1. The molecular formula is C23H18N4O4. The Balaban J connectivity index is 1.51. The molecule has 0 saturated carbocycles. The minimum absolute atomic E-state index is 0.158. The van der Waals surface area contributed by atoms with Crippen molar-refractivity contribution in [3.63, 3.8) is 0 Å². The number of hydrogen-bond acceptors (Lipinski definition) is 6. The maximum absolute atomic E-state index is 12.6. The Morgan fingerprint density at radius 1 is 1.00 bits per heavy atom. The molecule has 1 N–H and O–H groups in total. The molecule has 1 amide bonds. The number of benzene rings is 3. The average molecular weight is 414 g/mol. The number of ether oxygens (including phenoxy) is 1. The van der Waals surface area contributed by atoms with Gasteiger partial charge in [0.2, 0.25) is 0 Å². The molecule has 31 heavy (non-hydrogen) atoms. The SMILES string of the molecule is Cc1cccc(C(=O)Nc2ccccc2C(=O)OCn2nnc3ccccc3c2=O)c1. The molecule has 0 unspecified atom stereocenters. The predicted octanol–water partition coefficient (Wildman–Crippen LogP) is 3.17. The lowest BCUT2D eigenvalue weighted by Crippen LogP contribution is -2.26. The summed E-state index contributed by atoms with van der Waals surface area (Å²) in [5.41, 5.74) is 1.92. The molecule has 0 saturated heterocycles. The largest absolute Gasteiger partial charge is 0.438 e.